The van der Waals surface area contributed by atoms with Crippen LogP contribution in [0.2, 0.25) is 5.82 Å². The molecule has 1 aromatic heterocycles. The molecule has 2 aromatic rings. The summed E-state index contributed by atoms with van der Waals surface area (Å²) < 4.78 is 21.9. The molecule has 1 aromatic carbocycles. The second-order valence-corrected chi connectivity index (χ2v) is 9.64. The van der Waals surface area contributed by atoms with E-state index in [1.807, 2.05) is 44.2 Å². The number of hydrogen-bond acceptors (Lipinski definition) is 10. The summed E-state index contributed by atoms with van der Waals surface area (Å²) in [6.45, 7) is 1.17. The topological polar surface area (TPSA) is 143 Å². The summed E-state index contributed by atoms with van der Waals surface area (Å²) in [5.74, 6) is -2.92. The van der Waals surface area contributed by atoms with Gasteiger partial charge in [0.15, 0.2) is 11.9 Å². The summed E-state index contributed by atoms with van der Waals surface area (Å²) in [6.07, 6.45) is 2.17. The molecule has 2 aliphatic rings. The minimum absolute atomic E-state index is 0.0749. The molecule has 5 atom stereocenters. The summed E-state index contributed by atoms with van der Waals surface area (Å²) >= 11 is 0. The molecule has 1 N–H and O–H groups in total. The van der Waals surface area contributed by atoms with E-state index < -0.39 is 48.7 Å². The van der Waals surface area contributed by atoms with E-state index in [4.69, 9.17) is 18.7 Å². The Labute approximate surface area is 214 Å². The van der Waals surface area contributed by atoms with Crippen molar-refractivity contribution in [2.75, 3.05) is 7.11 Å². The van der Waals surface area contributed by atoms with Crippen molar-refractivity contribution in [2.45, 2.75) is 57.2 Å². The van der Waals surface area contributed by atoms with Crippen molar-refractivity contribution in [3.8, 4) is 0 Å². The van der Waals surface area contributed by atoms with Gasteiger partial charge < -0.3 is 24.0 Å². The first-order valence-electron chi connectivity index (χ1n) is 12.2. The van der Waals surface area contributed by atoms with Gasteiger partial charge in [-0.3, -0.25) is 19.4 Å². The average molecular weight is 510 g/mol. The van der Waals surface area contributed by atoms with Crippen molar-refractivity contribution in [1.29, 1.82) is 0 Å². The number of ether oxygens (including phenoxy) is 1. The normalized spacial score (nSPS) is 23.8. The standard InChI is InChI=1S/C25H29BN3O8/c1-15(2)11-17(26-35-21(24(32)34-3)22(36-26)25(33)37-26)13-20(30)18(12-16-7-5-4-6-8-16)29-23(31)19-14-27-9-10-28-19/h4-10,14-15,17-18,21-22H,11-13H2,1-3H3,(H,29,31)/q-1/t17?,18-,21+,22-,26?/m0/s1. The third kappa shape index (κ3) is 5.86. The third-order valence-corrected chi connectivity index (χ3v) is 6.48. The fourth-order valence-corrected chi connectivity index (χ4v) is 4.81. The van der Waals surface area contributed by atoms with Crippen LogP contribution in [0.4, 0.5) is 0 Å². The Hall–Kier alpha value is -3.64. The van der Waals surface area contributed by atoms with Gasteiger partial charge in [0.2, 0.25) is 0 Å². The molecule has 2 bridgehead atoms. The molecule has 196 valence electrons. The van der Waals surface area contributed by atoms with Crippen molar-refractivity contribution in [1.82, 2.24) is 15.3 Å². The fourth-order valence-electron chi connectivity index (χ4n) is 4.81. The molecule has 0 radical (unpaired) electrons. The highest BCUT2D eigenvalue weighted by atomic mass is 16.8. The Balaban J connectivity index is 1.58. The molecule has 2 fully saturated rings. The minimum Gasteiger partial charge on any atom is -0.641 e. The van der Waals surface area contributed by atoms with E-state index in [1.54, 1.807) is 0 Å². The summed E-state index contributed by atoms with van der Waals surface area (Å²) in [5, 5.41) is 2.77. The van der Waals surface area contributed by atoms with Crippen molar-refractivity contribution >= 4 is 30.4 Å². The molecule has 0 aliphatic carbocycles. The van der Waals surface area contributed by atoms with E-state index in [9.17, 15) is 19.2 Å². The van der Waals surface area contributed by atoms with Gasteiger partial charge in [0.05, 0.1) is 19.3 Å². The number of carbonyl (C=O) groups excluding carboxylic acids is 4. The molecular formula is C25H29BN3O8-. The maximum absolute atomic E-state index is 13.7. The van der Waals surface area contributed by atoms with Crippen molar-refractivity contribution < 1.29 is 37.9 Å². The van der Waals surface area contributed by atoms with Crippen LogP contribution in [-0.2, 0) is 39.5 Å². The number of nitrogens with zero attached hydrogens (tertiary/aromatic N) is 2. The number of benzene rings is 1. The van der Waals surface area contributed by atoms with Crippen LogP contribution in [0, 0.1) is 5.92 Å². The van der Waals surface area contributed by atoms with E-state index in [0.29, 0.717) is 6.42 Å². The second kappa shape index (κ2) is 11.2. The molecule has 0 saturated carbocycles. The monoisotopic (exact) mass is 510 g/mol. The van der Waals surface area contributed by atoms with Crippen molar-refractivity contribution in [2.24, 2.45) is 5.92 Å². The van der Waals surface area contributed by atoms with Gasteiger partial charge in [-0.2, -0.15) is 0 Å². The molecule has 3 heterocycles. The Kier molecular flexibility index (Phi) is 7.99. The van der Waals surface area contributed by atoms with Gasteiger partial charge in [0, 0.05) is 12.4 Å². The lowest BCUT2D eigenvalue weighted by Crippen LogP contribution is -2.51. The van der Waals surface area contributed by atoms with Crippen molar-refractivity contribution in [3.63, 3.8) is 0 Å². The highest BCUT2D eigenvalue weighted by Crippen LogP contribution is 2.46. The van der Waals surface area contributed by atoms with Crippen LogP contribution in [0.15, 0.2) is 48.9 Å². The molecule has 11 nitrogen and oxygen atoms in total. The largest absolute Gasteiger partial charge is 0.641 e. The Morgan fingerprint density at radius 3 is 2.54 bits per heavy atom. The van der Waals surface area contributed by atoms with Gasteiger partial charge in [0.25, 0.3) is 11.9 Å². The highest BCUT2D eigenvalue weighted by molar-refractivity contribution is 6.67. The number of esters is 1. The van der Waals surface area contributed by atoms with Crippen LogP contribution < -0.4 is 5.32 Å². The number of hydrogen-bond donors (Lipinski definition) is 1. The molecule has 12 heteroatoms. The van der Waals surface area contributed by atoms with Crippen LogP contribution in [0.1, 0.15) is 42.7 Å². The van der Waals surface area contributed by atoms with Gasteiger partial charge in [0.1, 0.15) is 11.8 Å². The van der Waals surface area contributed by atoms with E-state index in [1.165, 1.54) is 25.7 Å². The van der Waals surface area contributed by atoms with Crippen LogP contribution in [0.5, 0.6) is 0 Å². The number of methoxy groups -OCH3 is 1. The lowest BCUT2D eigenvalue weighted by atomic mass is 9.58. The fraction of sp³-hybridized carbons (Fsp3) is 0.440. The molecular weight excluding hydrogens is 481 g/mol. The van der Waals surface area contributed by atoms with Crippen LogP contribution in [-0.4, -0.2) is 65.7 Å². The Morgan fingerprint density at radius 2 is 1.89 bits per heavy atom. The number of fused-ring (bicyclic) bond motifs is 2. The smallest absolute Gasteiger partial charge is 0.441 e. The van der Waals surface area contributed by atoms with Crippen LogP contribution in [0.25, 0.3) is 0 Å². The zero-order valence-corrected chi connectivity index (χ0v) is 20.9. The Bertz CT molecular complexity index is 1150. The quantitative estimate of drug-likeness (QED) is 0.350. The second-order valence-electron chi connectivity index (χ2n) is 9.64. The summed E-state index contributed by atoms with van der Waals surface area (Å²) in [4.78, 5) is 59.1. The summed E-state index contributed by atoms with van der Waals surface area (Å²) in [6, 6.07) is 8.35. The predicted molar refractivity (Wildman–Crippen MR) is 130 cm³/mol. The first-order valence-corrected chi connectivity index (χ1v) is 12.2. The molecule has 0 spiro atoms. The summed E-state index contributed by atoms with van der Waals surface area (Å²) in [7, 11) is 1.19. The lowest BCUT2D eigenvalue weighted by molar-refractivity contribution is -0.159. The summed E-state index contributed by atoms with van der Waals surface area (Å²) in [5.41, 5.74) is 0.918. The number of Topliss-reactive ketones (excluding diaryl/α,β-unsaturated/α-hetero) is 1. The highest BCUT2D eigenvalue weighted by Gasteiger charge is 2.61. The molecule has 1 amide bonds. The first-order chi connectivity index (χ1) is 17.7. The zero-order valence-electron chi connectivity index (χ0n) is 20.9. The van der Waals surface area contributed by atoms with E-state index >= 15 is 0 Å². The number of carbonyl (C=O) groups is 4. The molecule has 2 saturated heterocycles. The van der Waals surface area contributed by atoms with Crippen molar-refractivity contribution in [3.05, 3.63) is 60.2 Å². The predicted octanol–water partition coefficient (Wildman–Crippen LogP) is 1.65. The zero-order chi connectivity index (χ0) is 26.6. The van der Waals surface area contributed by atoms with Gasteiger partial charge >= 0.3 is 12.7 Å². The van der Waals surface area contributed by atoms with Gasteiger partial charge in [-0.1, -0.05) is 56.4 Å². The third-order valence-electron chi connectivity index (χ3n) is 6.48. The number of aromatic nitrogens is 2. The van der Waals surface area contributed by atoms with Crippen LogP contribution in [0.3, 0.4) is 0 Å². The SMILES string of the molecule is COC(=O)[C@@H]1O[B-]2(C(CC(=O)[C@H](Cc3ccccc3)NC(=O)c3cnccn3)CC(C)C)OC(=O)[C@H]1O2. The van der Waals surface area contributed by atoms with E-state index in [-0.39, 0.29) is 30.2 Å². The van der Waals surface area contributed by atoms with Gasteiger partial charge in [-0.05, 0) is 24.3 Å². The molecule has 4 rings (SSSR count). The first kappa shape index (κ1) is 26.4. The molecule has 2 aliphatic heterocycles. The minimum atomic E-state index is -2.73. The number of rotatable bonds is 11. The van der Waals surface area contributed by atoms with Gasteiger partial charge in [-0.25, -0.2) is 9.78 Å². The number of amides is 1. The molecule has 37 heavy (non-hydrogen) atoms. The molecule has 2 unspecified atom stereocenters. The van der Waals surface area contributed by atoms with E-state index in [2.05, 4.69) is 15.3 Å². The average Bonchev–Trinajstić information content (AvgIpc) is 3.44. The number of nitrogens with one attached hydrogen (secondary N) is 1. The maximum Gasteiger partial charge on any atom is 0.441 e. The number of ketones is 1. The lowest BCUT2D eigenvalue weighted by Gasteiger charge is -2.41. The van der Waals surface area contributed by atoms with Crippen LogP contribution >= 0.6 is 0 Å². The van der Waals surface area contributed by atoms with Gasteiger partial charge in [-0.15, -0.1) is 0 Å². The van der Waals surface area contributed by atoms with E-state index in [0.717, 1.165) is 5.56 Å². The maximum atomic E-state index is 13.7. The Morgan fingerprint density at radius 1 is 1.14 bits per heavy atom.